The number of piperazine rings is 1. The third-order valence-electron chi connectivity index (χ3n) is 3.27. The fraction of sp³-hybridized carbons (Fsp3) is 0.800. The molecule has 1 aliphatic rings. The van der Waals surface area contributed by atoms with Crippen molar-refractivity contribution < 1.29 is 19.1 Å². The van der Waals surface area contributed by atoms with Crippen LogP contribution in [0.2, 0.25) is 0 Å². The molecule has 0 saturated carbocycles. The Balaban J connectivity index is 2.73. The third kappa shape index (κ3) is 5.02. The maximum Gasteiger partial charge on any atom is 0.410 e. The average Bonchev–Trinajstić information content (AvgIpc) is 2.23. The van der Waals surface area contributed by atoms with E-state index in [1.54, 1.807) is 9.80 Å². The van der Waals surface area contributed by atoms with Crippen LogP contribution < -0.4 is 0 Å². The maximum atomic E-state index is 12.2. The van der Waals surface area contributed by atoms with Crippen molar-refractivity contribution in [3.63, 3.8) is 0 Å². The Morgan fingerprint density at radius 2 is 1.71 bits per heavy atom. The van der Waals surface area contributed by atoms with Gasteiger partial charge in [-0.2, -0.15) is 0 Å². The zero-order valence-electron chi connectivity index (χ0n) is 13.9. The number of hydrogen-bond acceptors (Lipinski definition) is 4. The van der Waals surface area contributed by atoms with Crippen LogP contribution in [0, 0.1) is 0 Å². The topological polar surface area (TPSA) is 66.9 Å². The van der Waals surface area contributed by atoms with E-state index in [-0.39, 0.29) is 24.2 Å². The highest BCUT2D eigenvalue weighted by molar-refractivity contribution is 5.96. The standard InChI is InChI=1S/C15H26N2O4/c1-11(18)9-12(19)16-7-8-17(15(5,6)10-16)13(20)21-14(2,3)4/h7-10H2,1-6H3. The van der Waals surface area contributed by atoms with E-state index in [2.05, 4.69) is 0 Å². The van der Waals surface area contributed by atoms with E-state index in [4.69, 9.17) is 4.74 Å². The highest BCUT2D eigenvalue weighted by atomic mass is 16.6. The van der Waals surface area contributed by atoms with Crippen molar-refractivity contribution in [2.75, 3.05) is 19.6 Å². The molecule has 1 aliphatic heterocycles. The summed E-state index contributed by atoms with van der Waals surface area (Å²) in [6.07, 6.45) is -0.450. The Labute approximate surface area is 126 Å². The van der Waals surface area contributed by atoms with Gasteiger partial charge in [-0.1, -0.05) is 0 Å². The number of ketones is 1. The van der Waals surface area contributed by atoms with Gasteiger partial charge in [0.15, 0.2) is 0 Å². The molecule has 1 saturated heterocycles. The largest absolute Gasteiger partial charge is 0.444 e. The molecule has 21 heavy (non-hydrogen) atoms. The monoisotopic (exact) mass is 298 g/mol. The van der Waals surface area contributed by atoms with Crippen LogP contribution in [0.25, 0.3) is 0 Å². The summed E-state index contributed by atoms with van der Waals surface area (Å²) in [5.74, 6) is -0.327. The molecule has 0 aliphatic carbocycles. The molecule has 0 aromatic carbocycles. The summed E-state index contributed by atoms with van der Waals surface area (Å²) in [5, 5.41) is 0. The summed E-state index contributed by atoms with van der Waals surface area (Å²) >= 11 is 0. The molecule has 0 spiro atoms. The van der Waals surface area contributed by atoms with Crippen LogP contribution in [0.3, 0.4) is 0 Å². The fourth-order valence-electron chi connectivity index (χ4n) is 2.35. The molecule has 0 N–H and O–H groups in total. The predicted octanol–water partition coefficient (Wildman–Crippen LogP) is 1.82. The molecule has 6 heteroatoms. The highest BCUT2D eigenvalue weighted by Crippen LogP contribution is 2.24. The molecular weight excluding hydrogens is 272 g/mol. The van der Waals surface area contributed by atoms with Gasteiger partial charge in [-0.05, 0) is 41.5 Å². The van der Waals surface area contributed by atoms with Gasteiger partial charge in [0, 0.05) is 19.6 Å². The highest BCUT2D eigenvalue weighted by Gasteiger charge is 2.40. The van der Waals surface area contributed by atoms with Gasteiger partial charge in [-0.3, -0.25) is 14.5 Å². The second-order valence-corrected chi connectivity index (χ2v) is 7.14. The van der Waals surface area contributed by atoms with Crippen LogP contribution in [0.1, 0.15) is 48.0 Å². The van der Waals surface area contributed by atoms with Crippen molar-refractivity contribution in [1.82, 2.24) is 9.80 Å². The lowest BCUT2D eigenvalue weighted by Crippen LogP contribution is -2.62. The number of nitrogens with zero attached hydrogens (tertiary/aromatic N) is 2. The molecule has 6 nitrogen and oxygen atoms in total. The van der Waals surface area contributed by atoms with Crippen LogP contribution in [0.4, 0.5) is 4.79 Å². The minimum absolute atomic E-state index is 0.0808. The fourth-order valence-corrected chi connectivity index (χ4v) is 2.35. The van der Waals surface area contributed by atoms with Gasteiger partial charge in [-0.25, -0.2) is 4.79 Å². The van der Waals surface area contributed by atoms with E-state index in [0.29, 0.717) is 19.6 Å². The summed E-state index contributed by atoms with van der Waals surface area (Å²) in [7, 11) is 0. The van der Waals surface area contributed by atoms with Crippen LogP contribution >= 0.6 is 0 Å². The SMILES string of the molecule is CC(=O)CC(=O)N1CCN(C(=O)OC(C)(C)C)C(C)(C)C1. The lowest BCUT2D eigenvalue weighted by molar-refractivity contribution is -0.139. The smallest absolute Gasteiger partial charge is 0.410 e. The van der Waals surface area contributed by atoms with Crippen molar-refractivity contribution in [3.8, 4) is 0 Å². The molecule has 2 amide bonds. The zero-order chi connectivity index (χ0) is 16.4. The average molecular weight is 298 g/mol. The zero-order valence-corrected chi connectivity index (χ0v) is 13.9. The number of hydrogen-bond donors (Lipinski definition) is 0. The Hall–Kier alpha value is -1.59. The third-order valence-corrected chi connectivity index (χ3v) is 3.27. The molecule has 1 rings (SSSR count). The molecule has 0 bridgehead atoms. The summed E-state index contributed by atoms with van der Waals surface area (Å²) in [6.45, 7) is 11.9. The van der Waals surface area contributed by atoms with E-state index in [0.717, 1.165) is 0 Å². The Morgan fingerprint density at radius 3 is 2.14 bits per heavy atom. The van der Waals surface area contributed by atoms with Crippen LogP contribution in [0.5, 0.6) is 0 Å². The lowest BCUT2D eigenvalue weighted by Gasteiger charge is -2.46. The van der Waals surface area contributed by atoms with Crippen molar-refractivity contribution in [3.05, 3.63) is 0 Å². The molecule has 120 valence electrons. The maximum absolute atomic E-state index is 12.2. The Kier molecular flexibility index (Phi) is 5.02. The minimum Gasteiger partial charge on any atom is -0.444 e. The first kappa shape index (κ1) is 17.5. The van der Waals surface area contributed by atoms with E-state index in [1.807, 2.05) is 34.6 Å². The van der Waals surface area contributed by atoms with Gasteiger partial charge in [0.2, 0.25) is 5.91 Å². The van der Waals surface area contributed by atoms with Gasteiger partial charge < -0.3 is 9.64 Å². The summed E-state index contributed by atoms with van der Waals surface area (Å²) in [4.78, 5) is 38.5. The first-order chi connectivity index (χ1) is 9.42. The minimum atomic E-state index is -0.547. The molecule has 1 fully saturated rings. The molecule has 0 aromatic heterocycles. The Morgan fingerprint density at radius 1 is 1.14 bits per heavy atom. The Bertz CT molecular complexity index is 437. The summed E-state index contributed by atoms with van der Waals surface area (Å²) in [5.41, 5.74) is -1.07. The first-order valence-corrected chi connectivity index (χ1v) is 7.20. The number of ether oxygens (including phenoxy) is 1. The normalized spacial score (nSPS) is 18.4. The number of Topliss-reactive ketones (excluding diaryl/α,β-unsaturated/α-hetero) is 1. The van der Waals surface area contributed by atoms with Gasteiger partial charge in [0.05, 0.1) is 12.0 Å². The number of carbonyl (C=O) groups excluding carboxylic acids is 3. The van der Waals surface area contributed by atoms with Gasteiger partial charge in [0.1, 0.15) is 11.4 Å². The van der Waals surface area contributed by atoms with Gasteiger partial charge >= 0.3 is 6.09 Å². The van der Waals surface area contributed by atoms with Gasteiger partial charge in [0.25, 0.3) is 0 Å². The number of rotatable bonds is 2. The molecular formula is C15H26N2O4. The van der Waals surface area contributed by atoms with Crippen molar-refractivity contribution >= 4 is 17.8 Å². The van der Waals surface area contributed by atoms with E-state index < -0.39 is 11.1 Å². The molecule has 0 aromatic rings. The summed E-state index contributed by atoms with van der Waals surface area (Å²) < 4.78 is 5.40. The predicted molar refractivity (Wildman–Crippen MR) is 78.9 cm³/mol. The number of carbonyl (C=O) groups is 3. The van der Waals surface area contributed by atoms with Crippen LogP contribution in [-0.4, -0.2) is 58.4 Å². The van der Waals surface area contributed by atoms with Crippen molar-refractivity contribution in [1.29, 1.82) is 0 Å². The van der Waals surface area contributed by atoms with Crippen molar-refractivity contribution in [2.24, 2.45) is 0 Å². The second kappa shape index (κ2) is 6.03. The van der Waals surface area contributed by atoms with E-state index in [9.17, 15) is 14.4 Å². The second-order valence-electron chi connectivity index (χ2n) is 7.14. The van der Waals surface area contributed by atoms with E-state index in [1.165, 1.54) is 6.92 Å². The van der Waals surface area contributed by atoms with E-state index >= 15 is 0 Å². The lowest BCUT2D eigenvalue weighted by atomic mass is 9.99. The first-order valence-electron chi connectivity index (χ1n) is 7.20. The molecule has 0 atom stereocenters. The van der Waals surface area contributed by atoms with Crippen LogP contribution in [-0.2, 0) is 14.3 Å². The van der Waals surface area contributed by atoms with Crippen molar-refractivity contribution in [2.45, 2.75) is 59.1 Å². The van der Waals surface area contributed by atoms with Gasteiger partial charge in [-0.15, -0.1) is 0 Å². The molecule has 1 heterocycles. The number of amides is 2. The molecule has 0 unspecified atom stereocenters. The quantitative estimate of drug-likeness (QED) is 0.729. The molecule has 0 radical (unpaired) electrons. The summed E-state index contributed by atoms with van der Waals surface area (Å²) in [6, 6.07) is 0. The van der Waals surface area contributed by atoms with Crippen LogP contribution in [0.15, 0.2) is 0 Å².